The highest BCUT2D eigenvalue weighted by Crippen LogP contribution is 2.35. The Morgan fingerprint density at radius 1 is 1.14 bits per heavy atom. The molecule has 2 nitrogen and oxygen atoms in total. The molecule has 0 aromatic heterocycles. The summed E-state index contributed by atoms with van der Waals surface area (Å²) in [6, 6.07) is 0. The molecule has 1 N–H and O–H groups in total. The van der Waals surface area contributed by atoms with Gasteiger partial charge in [0.05, 0.1) is 5.60 Å². The minimum absolute atomic E-state index is 0.344. The van der Waals surface area contributed by atoms with E-state index in [1.165, 1.54) is 32.1 Å². The third-order valence-corrected chi connectivity index (χ3v) is 3.71. The van der Waals surface area contributed by atoms with Gasteiger partial charge in [-0.3, -0.25) is 0 Å². The Bertz CT molecular complexity index is 167. The van der Waals surface area contributed by atoms with Crippen molar-refractivity contribution in [2.24, 2.45) is 5.92 Å². The van der Waals surface area contributed by atoms with E-state index in [1.807, 2.05) is 0 Å². The molecule has 1 aliphatic carbocycles. The Labute approximate surface area is 86.6 Å². The summed E-state index contributed by atoms with van der Waals surface area (Å²) in [6.07, 6.45) is 9.18. The molecule has 0 aromatic carbocycles. The van der Waals surface area contributed by atoms with Crippen LogP contribution in [-0.2, 0) is 4.74 Å². The molecule has 0 aromatic rings. The van der Waals surface area contributed by atoms with E-state index in [-0.39, 0.29) is 5.60 Å². The maximum atomic E-state index is 10.4. The van der Waals surface area contributed by atoms with E-state index in [0.29, 0.717) is 5.92 Å². The number of hydrogen-bond donors (Lipinski definition) is 1. The average molecular weight is 198 g/mol. The van der Waals surface area contributed by atoms with Gasteiger partial charge in [0.25, 0.3) is 0 Å². The Morgan fingerprint density at radius 2 is 1.93 bits per heavy atom. The van der Waals surface area contributed by atoms with Crippen molar-refractivity contribution in [3.8, 4) is 0 Å². The van der Waals surface area contributed by atoms with E-state index in [4.69, 9.17) is 4.74 Å². The van der Waals surface area contributed by atoms with E-state index in [9.17, 15) is 5.11 Å². The Hall–Kier alpha value is -0.0800. The molecule has 82 valence electrons. The molecule has 1 saturated heterocycles. The van der Waals surface area contributed by atoms with Gasteiger partial charge >= 0.3 is 0 Å². The van der Waals surface area contributed by atoms with Gasteiger partial charge in [-0.1, -0.05) is 19.3 Å². The average Bonchev–Trinajstić information content (AvgIpc) is 2.19. The molecule has 0 bridgehead atoms. The van der Waals surface area contributed by atoms with Crippen LogP contribution in [-0.4, -0.2) is 23.9 Å². The highest BCUT2D eigenvalue weighted by Gasteiger charge is 2.32. The molecule has 1 aliphatic heterocycles. The van der Waals surface area contributed by atoms with Gasteiger partial charge in [0.1, 0.15) is 0 Å². The second kappa shape index (κ2) is 4.63. The number of hydrogen-bond acceptors (Lipinski definition) is 2. The monoisotopic (exact) mass is 198 g/mol. The Morgan fingerprint density at radius 3 is 2.57 bits per heavy atom. The second-order valence-corrected chi connectivity index (χ2v) is 5.07. The van der Waals surface area contributed by atoms with Crippen LogP contribution >= 0.6 is 0 Å². The molecule has 1 unspecified atom stereocenters. The highest BCUT2D eigenvalue weighted by molar-refractivity contribution is 4.85. The molecule has 0 spiro atoms. The summed E-state index contributed by atoms with van der Waals surface area (Å²) in [5, 5.41) is 10.4. The fourth-order valence-electron chi connectivity index (χ4n) is 2.92. The van der Waals surface area contributed by atoms with Crippen LogP contribution in [0.25, 0.3) is 0 Å². The Kier molecular flexibility index (Phi) is 3.45. The molecule has 1 heterocycles. The standard InChI is InChI=1S/C12H22O2/c13-12(6-2-1-3-7-12)9-11-5-4-8-14-10-11/h11,13H,1-10H2. The van der Waals surface area contributed by atoms with E-state index in [0.717, 1.165) is 32.5 Å². The van der Waals surface area contributed by atoms with Crippen LogP contribution in [0, 0.1) is 5.92 Å². The van der Waals surface area contributed by atoms with Crippen molar-refractivity contribution in [1.82, 2.24) is 0 Å². The first-order valence-corrected chi connectivity index (χ1v) is 6.09. The lowest BCUT2D eigenvalue weighted by Crippen LogP contribution is -2.35. The maximum Gasteiger partial charge on any atom is 0.0651 e. The predicted octanol–water partition coefficient (Wildman–Crippen LogP) is 2.50. The van der Waals surface area contributed by atoms with Crippen molar-refractivity contribution in [1.29, 1.82) is 0 Å². The van der Waals surface area contributed by atoms with Gasteiger partial charge in [0, 0.05) is 13.2 Å². The quantitative estimate of drug-likeness (QED) is 0.738. The zero-order valence-electron chi connectivity index (χ0n) is 9.00. The molecule has 1 atom stereocenters. The summed E-state index contributed by atoms with van der Waals surface area (Å²) in [4.78, 5) is 0. The lowest BCUT2D eigenvalue weighted by atomic mass is 9.77. The fraction of sp³-hybridized carbons (Fsp3) is 1.00. The fourth-order valence-corrected chi connectivity index (χ4v) is 2.92. The van der Waals surface area contributed by atoms with Gasteiger partial charge in [-0.25, -0.2) is 0 Å². The van der Waals surface area contributed by atoms with Gasteiger partial charge in [-0.15, -0.1) is 0 Å². The largest absolute Gasteiger partial charge is 0.390 e. The molecule has 14 heavy (non-hydrogen) atoms. The molecule has 1 saturated carbocycles. The van der Waals surface area contributed by atoms with E-state index in [2.05, 4.69) is 0 Å². The third kappa shape index (κ3) is 2.71. The molecular weight excluding hydrogens is 176 g/mol. The minimum atomic E-state index is -0.344. The summed E-state index contributed by atoms with van der Waals surface area (Å²) < 4.78 is 5.46. The lowest BCUT2D eigenvalue weighted by molar-refractivity contribution is -0.0433. The third-order valence-electron chi connectivity index (χ3n) is 3.71. The normalized spacial score (nSPS) is 32.8. The maximum absolute atomic E-state index is 10.4. The number of ether oxygens (including phenoxy) is 1. The highest BCUT2D eigenvalue weighted by atomic mass is 16.5. The van der Waals surface area contributed by atoms with Crippen LogP contribution in [0.15, 0.2) is 0 Å². The summed E-state index contributed by atoms with van der Waals surface area (Å²) in [7, 11) is 0. The van der Waals surface area contributed by atoms with Crippen molar-refractivity contribution >= 4 is 0 Å². The van der Waals surface area contributed by atoms with Gasteiger partial charge in [0.15, 0.2) is 0 Å². The molecule has 2 aliphatic rings. The van der Waals surface area contributed by atoms with Gasteiger partial charge in [-0.05, 0) is 38.0 Å². The van der Waals surface area contributed by atoms with Crippen molar-refractivity contribution in [3.05, 3.63) is 0 Å². The first-order valence-electron chi connectivity index (χ1n) is 6.09. The smallest absolute Gasteiger partial charge is 0.0651 e. The molecule has 2 fully saturated rings. The summed E-state index contributed by atoms with van der Waals surface area (Å²) in [5.74, 6) is 0.617. The van der Waals surface area contributed by atoms with Gasteiger partial charge < -0.3 is 9.84 Å². The van der Waals surface area contributed by atoms with E-state index in [1.54, 1.807) is 0 Å². The minimum Gasteiger partial charge on any atom is -0.390 e. The molecule has 2 heteroatoms. The molecule has 2 rings (SSSR count). The van der Waals surface area contributed by atoms with E-state index >= 15 is 0 Å². The van der Waals surface area contributed by atoms with Crippen LogP contribution in [0.5, 0.6) is 0 Å². The topological polar surface area (TPSA) is 29.5 Å². The van der Waals surface area contributed by atoms with Crippen LogP contribution < -0.4 is 0 Å². The second-order valence-electron chi connectivity index (χ2n) is 5.07. The van der Waals surface area contributed by atoms with Crippen molar-refractivity contribution in [2.75, 3.05) is 13.2 Å². The van der Waals surface area contributed by atoms with E-state index < -0.39 is 0 Å². The summed E-state index contributed by atoms with van der Waals surface area (Å²) in [6.45, 7) is 1.80. The Balaban J connectivity index is 1.81. The van der Waals surface area contributed by atoms with Crippen LogP contribution in [0.2, 0.25) is 0 Å². The van der Waals surface area contributed by atoms with Crippen molar-refractivity contribution in [2.45, 2.75) is 57.0 Å². The van der Waals surface area contributed by atoms with Crippen LogP contribution in [0.3, 0.4) is 0 Å². The van der Waals surface area contributed by atoms with Crippen molar-refractivity contribution < 1.29 is 9.84 Å². The van der Waals surface area contributed by atoms with Crippen molar-refractivity contribution in [3.63, 3.8) is 0 Å². The van der Waals surface area contributed by atoms with Gasteiger partial charge in [-0.2, -0.15) is 0 Å². The SMILES string of the molecule is OC1(CC2CCCOC2)CCCCC1. The zero-order chi connectivity index (χ0) is 9.86. The summed E-state index contributed by atoms with van der Waals surface area (Å²) in [5.41, 5.74) is -0.344. The molecule has 0 amide bonds. The number of rotatable bonds is 2. The van der Waals surface area contributed by atoms with Crippen LogP contribution in [0.1, 0.15) is 51.4 Å². The first-order chi connectivity index (χ1) is 6.79. The molecule has 0 radical (unpaired) electrons. The van der Waals surface area contributed by atoms with Crippen LogP contribution in [0.4, 0.5) is 0 Å². The lowest BCUT2D eigenvalue weighted by Gasteiger charge is -2.36. The predicted molar refractivity (Wildman–Crippen MR) is 56.2 cm³/mol. The first kappa shape index (κ1) is 10.4. The molecular formula is C12H22O2. The van der Waals surface area contributed by atoms with Gasteiger partial charge in [0.2, 0.25) is 0 Å². The summed E-state index contributed by atoms with van der Waals surface area (Å²) >= 11 is 0. The zero-order valence-corrected chi connectivity index (χ0v) is 9.00. The number of aliphatic hydroxyl groups is 1.